The first-order valence-corrected chi connectivity index (χ1v) is 7.05. The van der Waals surface area contributed by atoms with Crippen LogP contribution in [0.1, 0.15) is 40.4 Å². The van der Waals surface area contributed by atoms with Crippen LogP contribution in [0.15, 0.2) is 34.3 Å². The Bertz CT molecular complexity index is 519. The van der Waals surface area contributed by atoms with Crippen LogP contribution in [0, 0.1) is 0 Å². The zero-order valence-corrected chi connectivity index (χ0v) is 11.8. The van der Waals surface area contributed by atoms with Crippen molar-refractivity contribution in [3.05, 3.63) is 46.0 Å². The first-order chi connectivity index (χ1) is 9.26. The van der Waals surface area contributed by atoms with Crippen LogP contribution in [0.3, 0.4) is 0 Å². The van der Waals surface area contributed by atoms with Gasteiger partial charge in [0, 0.05) is 23.0 Å². The van der Waals surface area contributed by atoms with E-state index in [2.05, 4.69) is 28.4 Å². The lowest BCUT2D eigenvalue weighted by molar-refractivity contribution is 0.0563. The van der Waals surface area contributed by atoms with Crippen molar-refractivity contribution in [3.8, 4) is 0 Å². The highest BCUT2D eigenvalue weighted by atomic mass is 32.1. The van der Waals surface area contributed by atoms with Gasteiger partial charge in [-0.3, -0.25) is 0 Å². The lowest BCUT2D eigenvalue weighted by Gasteiger charge is -2.15. The van der Waals surface area contributed by atoms with Crippen LogP contribution >= 0.6 is 11.3 Å². The van der Waals surface area contributed by atoms with Crippen molar-refractivity contribution in [1.29, 1.82) is 0 Å². The van der Waals surface area contributed by atoms with Crippen molar-refractivity contribution in [2.45, 2.75) is 25.9 Å². The monoisotopic (exact) mass is 279 g/mol. The van der Waals surface area contributed by atoms with E-state index < -0.39 is 5.97 Å². The molecule has 4 nitrogen and oxygen atoms in total. The van der Waals surface area contributed by atoms with E-state index in [1.165, 1.54) is 18.3 Å². The minimum Gasteiger partial charge on any atom is -0.463 e. The van der Waals surface area contributed by atoms with Gasteiger partial charge in [-0.25, -0.2) is 4.79 Å². The van der Waals surface area contributed by atoms with Crippen LogP contribution in [0.2, 0.25) is 0 Å². The molecule has 0 aromatic carbocycles. The molecule has 0 saturated heterocycles. The van der Waals surface area contributed by atoms with Gasteiger partial charge in [0.05, 0.1) is 13.4 Å². The molecule has 0 saturated carbocycles. The zero-order valence-electron chi connectivity index (χ0n) is 11.0. The standard InChI is InChI=1S/C14H17NO3S/c1-3-11(12-5-4-8-19-12)15-9-10-6-7-18-13(10)14(16)17-2/h4-8,11,15H,3,9H2,1-2H3. The van der Waals surface area contributed by atoms with Gasteiger partial charge in [-0.2, -0.15) is 0 Å². The predicted octanol–water partition coefficient (Wildman–Crippen LogP) is 3.37. The second-order valence-electron chi connectivity index (χ2n) is 4.12. The number of methoxy groups -OCH3 is 1. The number of carbonyl (C=O) groups is 1. The van der Waals surface area contributed by atoms with Crippen molar-refractivity contribution < 1.29 is 13.9 Å². The van der Waals surface area contributed by atoms with Crippen molar-refractivity contribution in [3.63, 3.8) is 0 Å². The molecule has 5 heteroatoms. The average molecular weight is 279 g/mol. The zero-order chi connectivity index (χ0) is 13.7. The van der Waals surface area contributed by atoms with E-state index in [9.17, 15) is 4.79 Å². The molecule has 2 rings (SSSR count). The first-order valence-electron chi connectivity index (χ1n) is 6.17. The van der Waals surface area contributed by atoms with E-state index in [1.807, 2.05) is 6.07 Å². The number of furan rings is 1. The summed E-state index contributed by atoms with van der Waals surface area (Å²) in [5.41, 5.74) is 0.821. The van der Waals surface area contributed by atoms with E-state index in [0.29, 0.717) is 12.6 Å². The molecule has 1 unspecified atom stereocenters. The highest BCUT2D eigenvalue weighted by Crippen LogP contribution is 2.22. The van der Waals surface area contributed by atoms with E-state index in [0.717, 1.165) is 12.0 Å². The molecule has 0 fully saturated rings. The van der Waals surface area contributed by atoms with Crippen LogP contribution in [-0.4, -0.2) is 13.1 Å². The van der Waals surface area contributed by atoms with Crippen molar-refractivity contribution in [2.24, 2.45) is 0 Å². The Hall–Kier alpha value is -1.59. The smallest absolute Gasteiger partial charge is 0.374 e. The highest BCUT2D eigenvalue weighted by Gasteiger charge is 2.17. The molecular weight excluding hydrogens is 262 g/mol. The molecule has 1 atom stereocenters. The van der Waals surface area contributed by atoms with Gasteiger partial charge < -0.3 is 14.5 Å². The van der Waals surface area contributed by atoms with E-state index in [-0.39, 0.29) is 5.76 Å². The Morgan fingerprint density at radius 3 is 3.00 bits per heavy atom. The summed E-state index contributed by atoms with van der Waals surface area (Å²) in [5.74, 6) is -0.165. The molecule has 19 heavy (non-hydrogen) atoms. The van der Waals surface area contributed by atoms with Gasteiger partial charge in [0.1, 0.15) is 0 Å². The topological polar surface area (TPSA) is 51.5 Å². The van der Waals surface area contributed by atoms with Crippen LogP contribution in [0.25, 0.3) is 0 Å². The number of hydrogen-bond donors (Lipinski definition) is 1. The second kappa shape index (κ2) is 6.54. The van der Waals surface area contributed by atoms with Crippen LogP contribution in [0.5, 0.6) is 0 Å². The Morgan fingerprint density at radius 1 is 1.53 bits per heavy atom. The molecule has 0 aliphatic carbocycles. The van der Waals surface area contributed by atoms with E-state index in [1.54, 1.807) is 17.4 Å². The van der Waals surface area contributed by atoms with Gasteiger partial charge in [-0.05, 0) is 23.9 Å². The number of esters is 1. The summed E-state index contributed by atoms with van der Waals surface area (Å²) in [6.45, 7) is 2.71. The molecule has 0 bridgehead atoms. The minimum absolute atomic E-state index is 0.274. The molecular formula is C14H17NO3S. The number of hydrogen-bond acceptors (Lipinski definition) is 5. The number of ether oxygens (including phenoxy) is 1. The van der Waals surface area contributed by atoms with E-state index in [4.69, 9.17) is 4.42 Å². The van der Waals surface area contributed by atoms with Crippen LogP contribution in [-0.2, 0) is 11.3 Å². The van der Waals surface area contributed by atoms with Crippen molar-refractivity contribution in [1.82, 2.24) is 5.32 Å². The molecule has 0 radical (unpaired) electrons. The number of rotatable bonds is 6. The molecule has 2 heterocycles. The van der Waals surface area contributed by atoms with Gasteiger partial charge >= 0.3 is 5.97 Å². The van der Waals surface area contributed by atoms with Crippen molar-refractivity contribution in [2.75, 3.05) is 7.11 Å². The van der Waals surface area contributed by atoms with Gasteiger partial charge in [0.25, 0.3) is 0 Å². The summed E-state index contributed by atoms with van der Waals surface area (Å²) in [6, 6.07) is 6.24. The SMILES string of the molecule is CCC(NCc1ccoc1C(=O)OC)c1cccs1. The quantitative estimate of drug-likeness (QED) is 0.824. The predicted molar refractivity (Wildman–Crippen MR) is 74.2 cm³/mol. The fourth-order valence-corrected chi connectivity index (χ4v) is 2.80. The fraction of sp³-hybridized carbons (Fsp3) is 0.357. The summed E-state index contributed by atoms with van der Waals surface area (Å²) in [5, 5.41) is 5.50. The summed E-state index contributed by atoms with van der Waals surface area (Å²) < 4.78 is 9.84. The van der Waals surface area contributed by atoms with Gasteiger partial charge in [-0.15, -0.1) is 11.3 Å². The van der Waals surface area contributed by atoms with Crippen LogP contribution in [0.4, 0.5) is 0 Å². The third-order valence-corrected chi connectivity index (χ3v) is 3.94. The Kier molecular flexibility index (Phi) is 4.76. The molecule has 102 valence electrons. The summed E-state index contributed by atoms with van der Waals surface area (Å²) in [4.78, 5) is 12.8. The van der Waals surface area contributed by atoms with Gasteiger partial charge in [-0.1, -0.05) is 13.0 Å². The number of thiophene rings is 1. The number of nitrogens with one attached hydrogen (secondary N) is 1. The average Bonchev–Trinajstić information content (AvgIpc) is 3.09. The molecule has 2 aromatic rings. The van der Waals surface area contributed by atoms with Crippen LogP contribution < -0.4 is 5.32 Å². The fourth-order valence-electron chi connectivity index (χ4n) is 1.92. The van der Waals surface area contributed by atoms with Crippen molar-refractivity contribution >= 4 is 17.3 Å². The largest absolute Gasteiger partial charge is 0.463 e. The maximum Gasteiger partial charge on any atom is 0.374 e. The lowest BCUT2D eigenvalue weighted by atomic mass is 10.1. The summed E-state index contributed by atoms with van der Waals surface area (Å²) in [7, 11) is 1.35. The molecule has 2 aromatic heterocycles. The normalized spacial score (nSPS) is 12.3. The first kappa shape index (κ1) is 13.8. The second-order valence-corrected chi connectivity index (χ2v) is 5.10. The summed E-state index contributed by atoms with van der Waals surface area (Å²) >= 11 is 1.73. The molecule has 0 aliphatic rings. The maximum absolute atomic E-state index is 11.5. The number of carbonyl (C=O) groups excluding carboxylic acids is 1. The molecule has 0 spiro atoms. The molecule has 0 aliphatic heterocycles. The Morgan fingerprint density at radius 2 is 2.37 bits per heavy atom. The summed E-state index contributed by atoms with van der Waals surface area (Å²) in [6.07, 6.45) is 2.50. The molecule has 1 N–H and O–H groups in total. The minimum atomic E-state index is -0.439. The van der Waals surface area contributed by atoms with Gasteiger partial charge in [0.2, 0.25) is 5.76 Å². The lowest BCUT2D eigenvalue weighted by Crippen LogP contribution is -2.20. The van der Waals surface area contributed by atoms with Gasteiger partial charge in [0.15, 0.2) is 0 Å². The van der Waals surface area contributed by atoms with E-state index >= 15 is 0 Å². The highest BCUT2D eigenvalue weighted by molar-refractivity contribution is 7.10. The third kappa shape index (κ3) is 3.24. The Balaban J connectivity index is 2.02. The Labute approximate surface area is 116 Å². The molecule has 0 amide bonds. The third-order valence-electron chi connectivity index (χ3n) is 2.95. The maximum atomic E-state index is 11.5.